The van der Waals surface area contributed by atoms with Gasteiger partial charge >= 0.3 is 6.09 Å². The summed E-state index contributed by atoms with van der Waals surface area (Å²) in [5.74, 6) is -0.251. The second-order valence-corrected chi connectivity index (χ2v) is 10.4. The van der Waals surface area contributed by atoms with Gasteiger partial charge in [-0.1, -0.05) is 24.3 Å². The molecule has 1 amide bonds. The molecule has 1 aliphatic carbocycles. The van der Waals surface area contributed by atoms with Crippen LogP contribution in [0.3, 0.4) is 0 Å². The van der Waals surface area contributed by atoms with Crippen LogP contribution in [0.4, 0.5) is 4.79 Å². The smallest absolute Gasteiger partial charge is 0.407 e. The van der Waals surface area contributed by atoms with Gasteiger partial charge < -0.3 is 19.5 Å². The number of nitrogens with one attached hydrogen (secondary N) is 2. The Bertz CT molecular complexity index is 762. The van der Waals surface area contributed by atoms with E-state index in [1.807, 2.05) is 52.8 Å². The molecule has 3 rings (SSSR count). The van der Waals surface area contributed by atoms with Gasteiger partial charge in [-0.05, 0) is 52.2 Å². The molecule has 1 aliphatic heterocycles. The van der Waals surface area contributed by atoms with Crippen LogP contribution in [0.15, 0.2) is 24.3 Å². The molecule has 0 bridgehead atoms. The molecule has 2 aliphatic rings. The average Bonchev–Trinajstić information content (AvgIpc) is 3.11. The van der Waals surface area contributed by atoms with E-state index in [-0.39, 0.29) is 18.1 Å². The summed E-state index contributed by atoms with van der Waals surface area (Å²) in [6, 6.07) is 7.91. The fourth-order valence-corrected chi connectivity index (χ4v) is 4.99. The molecule has 0 radical (unpaired) electrons. The van der Waals surface area contributed by atoms with E-state index < -0.39 is 28.5 Å². The van der Waals surface area contributed by atoms with Gasteiger partial charge in [-0.25, -0.2) is 13.7 Å². The Morgan fingerprint density at radius 1 is 1.31 bits per heavy atom. The fraction of sp³-hybridized carbons (Fsp3) is 0.667. The normalized spacial score (nSPS) is 26.7. The van der Waals surface area contributed by atoms with Crippen LogP contribution in [-0.4, -0.2) is 52.7 Å². The maximum atomic E-state index is 12.7. The summed E-state index contributed by atoms with van der Waals surface area (Å²) >= 11 is 0. The molecule has 0 aromatic heterocycles. The molecule has 4 atom stereocenters. The molecule has 29 heavy (non-hydrogen) atoms. The van der Waals surface area contributed by atoms with Gasteiger partial charge in [0.2, 0.25) is 0 Å². The Labute approximate surface area is 175 Å². The Morgan fingerprint density at radius 2 is 2.03 bits per heavy atom. The van der Waals surface area contributed by atoms with Gasteiger partial charge in [0, 0.05) is 24.3 Å². The lowest BCUT2D eigenvalue weighted by Gasteiger charge is -2.25. The van der Waals surface area contributed by atoms with Crippen LogP contribution in [0, 0.1) is 0 Å². The van der Waals surface area contributed by atoms with Crippen LogP contribution < -0.4 is 10.0 Å². The van der Waals surface area contributed by atoms with Crippen molar-refractivity contribution in [2.45, 2.75) is 70.5 Å². The van der Waals surface area contributed by atoms with Crippen molar-refractivity contribution in [2.24, 2.45) is 0 Å². The number of hydrogen-bond acceptors (Lipinski definition) is 5. The van der Waals surface area contributed by atoms with E-state index >= 15 is 0 Å². The highest BCUT2D eigenvalue weighted by Crippen LogP contribution is 2.34. The second kappa shape index (κ2) is 8.71. The maximum absolute atomic E-state index is 12.7. The highest BCUT2D eigenvalue weighted by Gasteiger charge is 2.36. The molecule has 0 saturated carbocycles. The summed E-state index contributed by atoms with van der Waals surface area (Å²) < 4.78 is 32.5. The lowest BCUT2D eigenvalue weighted by atomic mass is 10.0. The average molecular weight is 425 g/mol. The largest absolute Gasteiger partial charge is 0.444 e. The molecule has 2 N–H and O–H groups in total. The van der Waals surface area contributed by atoms with E-state index in [9.17, 15) is 9.00 Å². The van der Waals surface area contributed by atoms with Crippen molar-refractivity contribution in [3.05, 3.63) is 35.4 Å². The van der Waals surface area contributed by atoms with Crippen molar-refractivity contribution in [1.82, 2.24) is 10.0 Å². The number of alkyl carbamates (subject to hydrolysis) is 1. The zero-order chi connectivity index (χ0) is 21.2. The monoisotopic (exact) mass is 424 g/mol. The summed E-state index contributed by atoms with van der Waals surface area (Å²) in [5.41, 5.74) is 1.74. The Balaban J connectivity index is 1.60. The molecule has 0 spiro atoms. The highest BCUT2D eigenvalue weighted by molar-refractivity contribution is 7.83. The van der Waals surface area contributed by atoms with Gasteiger partial charge in [0.25, 0.3) is 0 Å². The van der Waals surface area contributed by atoms with E-state index in [1.54, 1.807) is 0 Å². The number of amides is 1. The molecule has 1 aromatic carbocycles. The zero-order valence-corrected chi connectivity index (χ0v) is 18.6. The van der Waals surface area contributed by atoms with Crippen molar-refractivity contribution in [3.8, 4) is 0 Å². The number of fused-ring (bicyclic) bond motifs is 1. The van der Waals surface area contributed by atoms with Crippen LogP contribution >= 0.6 is 0 Å². The molecular formula is C21H32N2O5S. The number of benzene rings is 1. The number of carbonyl (C=O) groups excluding carboxylic acids is 1. The summed E-state index contributed by atoms with van der Waals surface area (Å²) in [6.45, 7) is 10.2. The van der Waals surface area contributed by atoms with E-state index in [4.69, 9.17) is 14.2 Å². The Morgan fingerprint density at radius 3 is 2.69 bits per heavy atom. The standard InChI is InChI=1S/C21H32N2O5S/c1-20(2,3)28-19(24)23-18-10-14-8-6-7-9-16(14)17(18)13-29(25)22-11-15-12-26-21(4,5)27-15/h6-9,15,17-18,22H,10-13H2,1-5H3,(H,23,24)/t15?,17-,18-,29?/m1/s1. The first kappa shape index (κ1) is 22.2. The van der Waals surface area contributed by atoms with Crippen molar-refractivity contribution in [3.63, 3.8) is 0 Å². The fourth-order valence-electron chi connectivity index (χ4n) is 3.77. The minimum Gasteiger partial charge on any atom is -0.444 e. The first-order valence-corrected chi connectivity index (χ1v) is 11.4. The summed E-state index contributed by atoms with van der Waals surface area (Å²) in [4.78, 5) is 12.3. The SMILES string of the molecule is CC(C)(C)OC(=O)N[C@@H]1Cc2ccccc2[C@H]1CS(=O)NCC1COC(C)(C)O1. The van der Waals surface area contributed by atoms with Gasteiger partial charge in [0.1, 0.15) is 5.60 Å². The Kier molecular flexibility index (Phi) is 6.67. The first-order chi connectivity index (χ1) is 13.5. The molecule has 1 aromatic rings. The second-order valence-electron chi connectivity index (χ2n) is 9.07. The molecule has 8 heteroatoms. The van der Waals surface area contributed by atoms with Gasteiger partial charge in [0.15, 0.2) is 5.79 Å². The summed E-state index contributed by atoms with van der Waals surface area (Å²) in [7, 11) is -1.27. The van der Waals surface area contributed by atoms with E-state index in [2.05, 4.69) is 16.1 Å². The third kappa shape index (κ3) is 6.25. The van der Waals surface area contributed by atoms with E-state index in [0.29, 0.717) is 25.3 Å². The van der Waals surface area contributed by atoms with Gasteiger partial charge in [0.05, 0.1) is 23.7 Å². The van der Waals surface area contributed by atoms with Crippen LogP contribution in [0.1, 0.15) is 51.7 Å². The van der Waals surface area contributed by atoms with E-state index in [0.717, 1.165) is 5.56 Å². The number of ether oxygens (including phenoxy) is 3. The minimum absolute atomic E-state index is 0.0516. The molecular weight excluding hydrogens is 392 g/mol. The van der Waals surface area contributed by atoms with Crippen LogP contribution in [0.2, 0.25) is 0 Å². The first-order valence-electron chi connectivity index (χ1n) is 10.0. The van der Waals surface area contributed by atoms with Gasteiger partial charge in [-0.3, -0.25) is 0 Å². The molecule has 162 valence electrons. The van der Waals surface area contributed by atoms with E-state index in [1.165, 1.54) is 5.56 Å². The van der Waals surface area contributed by atoms with Gasteiger partial charge in [-0.15, -0.1) is 0 Å². The molecule has 1 saturated heterocycles. The minimum atomic E-state index is -1.27. The molecule has 7 nitrogen and oxygen atoms in total. The lowest BCUT2D eigenvalue weighted by Crippen LogP contribution is -2.43. The molecule has 2 unspecified atom stereocenters. The number of carbonyl (C=O) groups is 1. The predicted molar refractivity (Wildman–Crippen MR) is 112 cm³/mol. The quantitative estimate of drug-likeness (QED) is 0.733. The Hall–Kier alpha value is -1.48. The number of rotatable bonds is 6. The van der Waals surface area contributed by atoms with Crippen molar-refractivity contribution >= 4 is 17.1 Å². The lowest BCUT2D eigenvalue weighted by molar-refractivity contribution is -0.137. The third-order valence-electron chi connectivity index (χ3n) is 4.95. The summed E-state index contributed by atoms with van der Waals surface area (Å²) in [5, 5.41) is 2.98. The highest BCUT2D eigenvalue weighted by atomic mass is 32.2. The number of hydrogen-bond donors (Lipinski definition) is 2. The van der Waals surface area contributed by atoms with Crippen LogP contribution in [0.5, 0.6) is 0 Å². The van der Waals surface area contributed by atoms with Crippen LogP contribution in [-0.2, 0) is 31.6 Å². The van der Waals surface area contributed by atoms with Crippen molar-refractivity contribution in [2.75, 3.05) is 18.9 Å². The van der Waals surface area contributed by atoms with Gasteiger partial charge in [-0.2, -0.15) is 0 Å². The molecule has 1 fully saturated rings. The summed E-state index contributed by atoms with van der Waals surface area (Å²) in [6.07, 6.45) is 0.128. The zero-order valence-electron chi connectivity index (χ0n) is 17.8. The predicted octanol–water partition coefficient (Wildman–Crippen LogP) is 2.62. The third-order valence-corrected chi connectivity index (χ3v) is 6.10. The maximum Gasteiger partial charge on any atom is 0.407 e. The topological polar surface area (TPSA) is 85.9 Å². The van der Waals surface area contributed by atoms with Crippen molar-refractivity contribution < 1.29 is 23.2 Å². The molecule has 1 heterocycles. The van der Waals surface area contributed by atoms with Crippen molar-refractivity contribution in [1.29, 1.82) is 0 Å². The van der Waals surface area contributed by atoms with Crippen LogP contribution in [0.25, 0.3) is 0 Å².